The zero-order valence-corrected chi connectivity index (χ0v) is 16.3. The second-order valence-corrected chi connectivity index (χ2v) is 7.76. The smallest absolute Gasteiger partial charge is 0.127 e. The summed E-state index contributed by atoms with van der Waals surface area (Å²) >= 11 is 0. The van der Waals surface area contributed by atoms with E-state index in [0.29, 0.717) is 12.5 Å². The van der Waals surface area contributed by atoms with Gasteiger partial charge < -0.3 is 9.84 Å². The fraction of sp³-hybridized carbons (Fsp3) is 0.455. The van der Waals surface area contributed by atoms with Gasteiger partial charge in [-0.2, -0.15) is 0 Å². The Kier molecular flexibility index (Phi) is 6.40. The molecule has 2 aromatic rings. The Morgan fingerprint density at radius 3 is 2.52 bits per heavy atom. The summed E-state index contributed by atoms with van der Waals surface area (Å²) in [5.41, 5.74) is 1.64. The van der Waals surface area contributed by atoms with E-state index in [2.05, 4.69) is 11.0 Å². The van der Waals surface area contributed by atoms with Gasteiger partial charge in [-0.3, -0.25) is 4.90 Å². The average molecular weight is 392 g/mol. The molecule has 1 N–H and O–H groups in total. The van der Waals surface area contributed by atoms with Crippen LogP contribution in [0.5, 0.6) is 5.75 Å². The molecule has 0 unspecified atom stereocenters. The van der Waals surface area contributed by atoms with Crippen molar-refractivity contribution in [1.82, 2.24) is 4.90 Å². The highest BCUT2D eigenvalue weighted by Gasteiger charge is 2.41. The van der Waals surface area contributed by atoms with Crippen LogP contribution in [-0.2, 0) is 13.1 Å². The van der Waals surface area contributed by atoms with E-state index >= 15 is 0 Å². The average Bonchev–Trinajstić information content (AvgIpc) is 2.80. The minimum absolute atomic E-state index is 0. The van der Waals surface area contributed by atoms with Crippen LogP contribution in [0.3, 0.4) is 0 Å². The quantitative estimate of drug-likeness (QED) is 0.832. The van der Waals surface area contributed by atoms with Crippen LogP contribution in [0.15, 0.2) is 48.5 Å². The number of para-hydroxylation sites is 1. The summed E-state index contributed by atoms with van der Waals surface area (Å²) in [5.74, 6) is 1.18. The molecule has 0 radical (unpaired) electrons. The molecule has 1 fully saturated rings. The van der Waals surface area contributed by atoms with Crippen LogP contribution in [0.1, 0.15) is 36.8 Å². The molecule has 0 atom stereocenters. The second-order valence-electron chi connectivity index (χ2n) is 7.76. The predicted octanol–water partition coefficient (Wildman–Crippen LogP) is 4.56. The number of nitrogens with zero attached hydrogens (tertiary/aromatic N) is 1. The van der Waals surface area contributed by atoms with Gasteiger partial charge >= 0.3 is 0 Å². The third-order valence-corrected chi connectivity index (χ3v) is 5.83. The van der Waals surface area contributed by atoms with Gasteiger partial charge in [0.05, 0.1) is 0 Å². The lowest BCUT2D eigenvalue weighted by atomic mass is 9.78. The molecule has 2 aliphatic rings. The number of aliphatic hydroxyl groups is 1. The number of hydrogen-bond acceptors (Lipinski definition) is 3. The Labute approximate surface area is 166 Å². The number of halogens is 2. The monoisotopic (exact) mass is 391 g/mol. The van der Waals surface area contributed by atoms with Gasteiger partial charge in [0.1, 0.15) is 17.2 Å². The number of benzene rings is 2. The van der Waals surface area contributed by atoms with Crippen LogP contribution in [0, 0.1) is 11.7 Å². The molecule has 0 amide bonds. The lowest BCUT2D eigenvalue weighted by Gasteiger charge is -2.41. The Morgan fingerprint density at radius 1 is 1.07 bits per heavy atom. The van der Waals surface area contributed by atoms with Gasteiger partial charge in [0, 0.05) is 37.4 Å². The second kappa shape index (κ2) is 8.59. The fourth-order valence-electron chi connectivity index (χ4n) is 4.33. The Bertz CT molecular complexity index is 761. The van der Waals surface area contributed by atoms with Crippen LogP contribution in [0.2, 0.25) is 0 Å². The first-order valence-corrected chi connectivity index (χ1v) is 9.51. The van der Waals surface area contributed by atoms with E-state index in [4.69, 9.17) is 4.74 Å². The molecule has 0 bridgehead atoms. The normalized spacial score (nSPS) is 25.2. The third-order valence-electron chi connectivity index (χ3n) is 5.83. The van der Waals surface area contributed by atoms with Crippen molar-refractivity contribution in [3.8, 4) is 5.75 Å². The largest absolute Gasteiger partial charge is 0.486 e. The van der Waals surface area contributed by atoms with Gasteiger partial charge in [0.25, 0.3) is 0 Å². The minimum Gasteiger partial charge on any atom is -0.486 e. The van der Waals surface area contributed by atoms with Crippen molar-refractivity contribution in [2.24, 2.45) is 5.92 Å². The van der Waals surface area contributed by atoms with E-state index in [9.17, 15) is 9.50 Å². The number of ether oxygens (including phenoxy) is 1. The van der Waals surface area contributed by atoms with Crippen LogP contribution in [0.25, 0.3) is 0 Å². The van der Waals surface area contributed by atoms with Crippen LogP contribution in [-0.4, -0.2) is 28.8 Å². The standard InChI is InChI=1S/C22H26FNO2.ClH/c23-20-7-3-1-5-18(20)13-24-14-19-6-2-4-8-21(19)26-22(16-24)11-9-17(15-25)10-12-22;/h1-8,17,25H,9-16H2;1H. The topological polar surface area (TPSA) is 32.7 Å². The van der Waals surface area contributed by atoms with Crippen molar-refractivity contribution in [3.05, 3.63) is 65.5 Å². The predicted molar refractivity (Wildman–Crippen MR) is 107 cm³/mol. The molecule has 2 aromatic carbocycles. The summed E-state index contributed by atoms with van der Waals surface area (Å²) < 4.78 is 20.7. The van der Waals surface area contributed by atoms with E-state index in [1.165, 1.54) is 6.07 Å². The summed E-state index contributed by atoms with van der Waals surface area (Å²) in [7, 11) is 0. The molecule has 1 aliphatic heterocycles. The van der Waals surface area contributed by atoms with Crippen LogP contribution in [0.4, 0.5) is 4.39 Å². The summed E-state index contributed by atoms with van der Waals surface area (Å²) in [6, 6.07) is 15.2. The molecular formula is C22H27ClFNO2. The van der Waals surface area contributed by atoms with E-state index < -0.39 is 0 Å². The van der Waals surface area contributed by atoms with E-state index in [1.54, 1.807) is 6.07 Å². The van der Waals surface area contributed by atoms with Crippen LogP contribution >= 0.6 is 12.4 Å². The molecule has 3 nitrogen and oxygen atoms in total. The Balaban J connectivity index is 0.00000210. The van der Waals surface area contributed by atoms with Gasteiger partial charge in [-0.05, 0) is 43.7 Å². The first-order valence-electron chi connectivity index (χ1n) is 9.51. The molecule has 1 aliphatic carbocycles. The molecule has 1 saturated carbocycles. The maximum atomic E-state index is 14.2. The van der Waals surface area contributed by atoms with Crippen molar-refractivity contribution >= 4 is 12.4 Å². The number of rotatable bonds is 3. The number of hydrogen-bond donors (Lipinski definition) is 1. The summed E-state index contributed by atoms with van der Waals surface area (Å²) in [5, 5.41) is 9.48. The number of aliphatic hydroxyl groups excluding tert-OH is 1. The molecular weight excluding hydrogens is 365 g/mol. The Hall–Kier alpha value is -1.62. The first-order chi connectivity index (χ1) is 12.7. The fourth-order valence-corrected chi connectivity index (χ4v) is 4.33. The summed E-state index contributed by atoms with van der Waals surface area (Å²) in [6.07, 6.45) is 3.82. The van der Waals surface area contributed by atoms with Crippen molar-refractivity contribution in [2.45, 2.75) is 44.4 Å². The van der Waals surface area contributed by atoms with Gasteiger partial charge in [-0.25, -0.2) is 4.39 Å². The van der Waals surface area contributed by atoms with Crippen LogP contribution < -0.4 is 4.74 Å². The highest BCUT2D eigenvalue weighted by atomic mass is 35.5. The minimum atomic E-state index is -0.246. The lowest BCUT2D eigenvalue weighted by Crippen LogP contribution is -2.48. The first kappa shape index (κ1) is 20.1. The SMILES string of the molecule is Cl.OCC1CCC2(CC1)CN(Cc1ccccc1F)Cc1ccccc1O2. The molecule has 5 heteroatoms. The van der Waals surface area contributed by atoms with Crippen molar-refractivity contribution < 1.29 is 14.2 Å². The van der Waals surface area contributed by atoms with Crippen molar-refractivity contribution in [2.75, 3.05) is 13.2 Å². The third kappa shape index (κ3) is 4.45. The Morgan fingerprint density at radius 2 is 1.78 bits per heavy atom. The van der Waals surface area contributed by atoms with Crippen molar-refractivity contribution in [3.63, 3.8) is 0 Å². The lowest BCUT2D eigenvalue weighted by molar-refractivity contribution is -0.0156. The van der Waals surface area contributed by atoms with E-state index in [1.807, 2.05) is 30.3 Å². The van der Waals surface area contributed by atoms with Gasteiger partial charge in [-0.15, -0.1) is 12.4 Å². The number of fused-ring (bicyclic) bond motifs is 1. The maximum Gasteiger partial charge on any atom is 0.127 e. The highest BCUT2D eigenvalue weighted by Crippen LogP contribution is 2.40. The molecule has 1 heterocycles. The molecule has 27 heavy (non-hydrogen) atoms. The van der Waals surface area contributed by atoms with E-state index in [-0.39, 0.29) is 30.4 Å². The summed E-state index contributed by atoms with van der Waals surface area (Å²) in [6.45, 7) is 2.38. The molecule has 0 aromatic heterocycles. The van der Waals surface area contributed by atoms with Gasteiger partial charge in [0.2, 0.25) is 0 Å². The van der Waals surface area contributed by atoms with E-state index in [0.717, 1.165) is 55.6 Å². The molecule has 146 valence electrons. The maximum absolute atomic E-state index is 14.2. The highest BCUT2D eigenvalue weighted by molar-refractivity contribution is 5.85. The van der Waals surface area contributed by atoms with Gasteiger partial charge in [-0.1, -0.05) is 36.4 Å². The van der Waals surface area contributed by atoms with Gasteiger partial charge in [0.15, 0.2) is 0 Å². The molecule has 1 spiro atoms. The molecule has 4 rings (SSSR count). The zero-order valence-electron chi connectivity index (χ0n) is 15.4. The van der Waals surface area contributed by atoms with Crippen molar-refractivity contribution in [1.29, 1.82) is 0 Å². The molecule has 0 saturated heterocycles. The summed E-state index contributed by atoms with van der Waals surface area (Å²) in [4.78, 5) is 2.31. The zero-order chi connectivity index (χ0) is 18.0.